The van der Waals surface area contributed by atoms with Crippen molar-refractivity contribution in [2.45, 2.75) is 32.4 Å². The van der Waals surface area contributed by atoms with Crippen LogP contribution >= 0.6 is 22.6 Å². The first-order valence-corrected chi connectivity index (χ1v) is 14.4. The summed E-state index contributed by atoms with van der Waals surface area (Å²) < 4.78 is 8.95. The fourth-order valence-corrected chi connectivity index (χ4v) is 7.48. The monoisotopic (exact) mass is 638 g/mol. The Morgan fingerprint density at radius 2 is 1.82 bits per heavy atom. The molecule has 2 amide bonds. The van der Waals surface area contributed by atoms with E-state index in [4.69, 9.17) is 10.5 Å². The van der Waals surface area contributed by atoms with E-state index in [0.717, 1.165) is 70.3 Å². The maximum atomic E-state index is 12.5. The number of aliphatic carboxylic acids is 1. The number of hydrogen-bond acceptors (Lipinski definition) is 6. The molecule has 1 aromatic rings. The zero-order valence-electron chi connectivity index (χ0n) is 21.9. The normalized spacial score (nSPS) is 32.7. The van der Waals surface area contributed by atoms with E-state index in [2.05, 4.69) is 28.7 Å². The second-order valence-electron chi connectivity index (χ2n) is 11.6. The van der Waals surface area contributed by atoms with Gasteiger partial charge in [-0.1, -0.05) is 19.9 Å². The van der Waals surface area contributed by atoms with Crippen molar-refractivity contribution in [3.05, 3.63) is 38.6 Å². The predicted octanol–water partition coefficient (Wildman–Crippen LogP) is -1.41. The average molecular weight is 639 g/mol. The third-order valence-corrected chi connectivity index (χ3v) is 10.3. The van der Waals surface area contributed by atoms with Crippen molar-refractivity contribution in [1.82, 2.24) is 4.90 Å². The van der Waals surface area contributed by atoms with Gasteiger partial charge in [0.2, 0.25) is 5.91 Å². The first-order chi connectivity index (χ1) is 18.0. The van der Waals surface area contributed by atoms with Crippen molar-refractivity contribution in [3.8, 4) is 5.75 Å². The van der Waals surface area contributed by atoms with E-state index in [-0.39, 0.29) is 24.1 Å². The topological polar surface area (TPSA) is 136 Å². The summed E-state index contributed by atoms with van der Waals surface area (Å²) >= 11 is 2.20. The Labute approximate surface area is 236 Å². The van der Waals surface area contributed by atoms with Gasteiger partial charge in [-0.15, -0.1) is 6.10 Å². The highest BCUT2D eigenvalue weighted by Crippen LogP contribution is 2.46. The van der Waals surface area contributed by atoms with Crippen LogP contribution in [0.4, 0.5) is 0 Å². The number of carboxylic acids is 1. The minimum atomic E-state index is -1.41. The number of piperazine rings is 3. The number of primary amides is 1. The lowest BCUT2D eigenvalue weighted by atomic mass is 9.78. The van der Waals surface area contributed by atoms with E-state index in [1.54, 1.807) is 0 Å². The van der Waals surface area contributed by atoms with E-state index in [9.17, 15) is 24.6 Å². The van der Waals surface area contributed by atoms with Crippen LogP contribution in [0.1, 0.15) is 19.4 Å². The molecule has 206 valence electrons. The van der Waals surface area contributed by atoms with E-state index < -0.39 is 29.9 Å². The maximum absolute atomic E-state index is 12.5. The maximum Gasteiger partial charge on any atom is 0.272 e. The number of nitrogens with zero attached hydrogens (tertiary/aromatic N) is 3. The summed E-state index contributed by atoms with van der Waals surface area (Å²) in [6, 6.07) is 5.67. The number of carboxylic acid groups (broad SMARTS) is 1. The summed E-state index contributed by atoms with van der Waals surface area (Å²) in [5.74, 6) is -2.42. The second-order valence-corrected chi connectivity index (χ2v) is 12.7. The molecule has 6 rings (SSSR count). The molecule has 4 saturated heterocycles. The number of carbonyl (C=O) groups is 3. The summed E-state index contributed by atoms with van der Waals surface area (Å²) in [5.41, 5.74) is 6.99. The predicted molar refractivity (Wildman–Crippen MR) is 142 cm³/mol. The highest BCUT2D eigenvalue weighted by Gasteiger charge is 2.56. The molecule has 5 aliphatic rings. The van der Waals surface area contributed by atoms with Crippen molar-refractivity contribution in [2.24, 2.45) is 17.6 Å². The Balaban J connectivity index is 1.25. The van der Waals surface area contributed by atoms with Gasteiger partial charge in [0.15, 0.2) is 6.54 Å². The summed E-state index contributed by atoms with van der Waals surface area (Å²) in [6.45, 7) is 10.9. The molecular weight excluding hydrogens is 603 g/mol. The third-order valence-electron chi connectivity index (χ3n) is 9.39. The fourth-order valence-electron chi connectivity index (χ4n) is 6.99. The summed E-state index contributed by atoms with van der Waals surface area (Å²) in [7, 11) is 0. The number of fused-ring (bicyclic) bond motifs is 4. The number of ether oxygens (including phenoxy) is 1. The van der Waals surface area contributed by atoms with Gasteiger partial charge in [0.1, 0.15) is 51.6 Å². The number of quaternary nitrogens is 2. The summed E-state index contributed by atoms with van der Waals surface area (Å²) in [4.78, 5) is 37.2. The summed E-state index contributed by atoms with van der Waals surface area (Å²) in [5, 5.41) is 24.0. The van der Waals surface area contributed by atoms with E-state index >= 15 is 0 Å². The lowest BCUT2D eigenvalue weighted by Gasteiger charge is -2.55. The molecule has 0 aliphatic carbocycles. The lowest BCUT2D eigenvalue weighted by molar-refractivity contribution is -1.08. The van der Waals surface area contributed by atoms with E-state index in [1.165, 1.54) is 11.8 Å². The Kier molecular flexibility index (Phi) is 7.25. The highest BCUT2D eigenvalue weighted by atomic mass is 127. The van der Waals surface area contributed by atoms with Gasteiger partial charge < -0.3 is 39.3 Å². The van der Waals surface area contributed by atoms with Crippen molar-refractivity contribution in [3.63, 3.8) is 0 Å². The molecule has 0 radical (unpaired) electrons. The number of nitrogens with two attached hydrogens (primary N) is 1. The zero-order chi connectivity index (χ0) is 27.4. The van der Waals surface area contributed by atoms with Crippen LogP contribution < -0.4 is 20.7 Å². The minimum Gasteiger partial charge on any atom is -0.852 e. The lowest BCUT2D eigenvalue weighted by Crippen LogP contribution is -2.76. The van der Waals surface area contributed by atoms with Gasteiger partial charge in [-0.3, -0.25) is 9.59 Å². The van der Waals surface area contributed by atoms with Crippen LogP contribution in [0, 0.1) is 15.4 Å². The van der Waals surface area contributed by atoms with Crippen molar-refractivity contribution >= 4 is 40.4 Å². The molecule has 11 heteroatoms. The molecule has 38 heavy (non-hydrogen) atoms. The Morgan fingerprint density at radius 1 is 1.18 bits per heavy atom. The standard InChI is InChI=1S/C27H35IN4O6/c1-16-19(25(27(36)37)30-24(16)23(17(2)33)26(30)35)15-38-21-13-18(3-4-20(21)28)5-6-31-7-10-32(11-8-31,12-9-31)14-22(29)34/h3-4,13,16-17,23-24H,5-12,14-15H2,1-2H3,(H2-,29,34,36,37)/t16?,17?,23-,24-,31?,32?/m1/s1. The van der Waals surface area contributed by atoms with Gasteiger partial charge in [0, 0.05) is 18.3 Å². The van der Waals surface area contributed by atoms with Crippen molar-refractivity contribution in [2.75, 3.05) is 59.0 Å². The first-order valence-electron chi connectivity index (χ1n) is 13.3. The number of benzene rings is 1. The Bertz CT molecular complexity index is 1180. The minimum absolute atomic E-state index is 0.0179. The highest BCUT2D eigenvalue weighted by molar-refractivity contribution is 14.1. The average Bonchev–Trinajstić information content (AvgIpc) is 3.11. The number of amides is 2. The SMILES string of the molecule is CC([O-])[C@H]1C(=O)N2C(C(=O)[O-])=C(COc3cc(CC[N+]45CC[N+](CC(N)=O)(CC4)CC5)ccc3I)C(C)[C@H]12. The Hall–Kier alpha value is -2.22. The van der Waals surface area contributed by atoms with Crippen molar-refractivity contribution in [1.29, 1.82) is 0 Å². The van der Waals surface area contributed by atoms with E-state index in [0.29, 0.717) is 17.9 Å². The van der Waals surface area contributed by atoms with Crippen LogP contribution in [0.5, 0.6) is 5.75 Å². The molecule has 2 bridgehead atoms. The molecule has 2 unspecified atom stereocenters. The van der Waals surface area contributed by atoms with Crippen LogP contribution in [0.2, 0.25) is 0 Å². The Morgan fingerprint density at radius 3 is 2.39 bits per heavy atom. The number of hydrogen-bond donors (Lipinski definition) is 1. The van der Waals surface area contributed by atoms with Crippen LogP contribution in [0.3, 0.4) is 0 Å². The molecule has 4 atom stereocenters. The number of β-lactam (4-membered cyclic amide) rings is 1. The first kappa shape index (κ1) is 27.4. The molecule has 5 aliphatic heterocycles. The van der Waals surface area contributed by atoms with Gasteiger partial charge >= 0.3 is 0 Å². The van der Waals surface area contributed by atoms with Crippen LogP contribution in [-0.4, -0.2) is 103 Å². The molecule has 5 heterocycles. The molecule has 0 spiro atoms. The van der Waals surface area contributed by atoms with Gasteiger partial charge in [-0.25, -0.2) is 0 Å². The number of halogens is 1. The van der Waals surface area contributed by atoms with Crippen LogP contribution in [0.15, 0.2) is 29.5 Å². The van der Waals surface area contributed by atoms with Crippen molar-refractivity contribution < 1.29 is 38.3 Å². The van der Waals surface area contributed by atoms with Crippen LogP contribution in [0.25, 0.3) is 0 Å². The number of carbonyl (C=O) groups excluding carboxylic acids is 3. The second kappa shape index (κ2) is 10.1. The quantitative estimate of drug-likeness (QED) is 0.190. The van der Waals surface area contributed by atoms with Gasteiger partial charge in [-0.2, -0.15) is 0 Å². The molecule has 0 saturated carbocycles. The molecule has 2 N–H and O–H groups in total. The fraction of sp³-hybridized carbons (Fsp3) is 0.593. The molecule has 1 aromatic carbocycles. The van der Waals surface area contributed by atoms with E-state index in [1.807, 2.05) is 19.1 Å². The largest absolute Gasteiger partial charge is 0.852 e. The van der Waals surface area contributed by atoms with Gasteiger partial charge in [-0.05, 0) is 45.9 Å². The van der Waals surface area contributed by atoms with Gasteiger partial charge in [0.25, 0.3) is 5.91 Å². The molecule has 0 aromatic heterocycles. The molecular formula is C27H35IN4O6. The molecule has 4 fully saturated rings. The molecule has 10 nitrogen and oxygen atoms in total. The smallest absolute Gasteiger partial charge is 0.272 e. The van der Waals surface area contributed by atoms with Gasteiger partial charge in [0.05, 0.1) is 27.8 Å². The third kappa shape index (κ3) is 4.71. The van der Waals surface area contributed by atoms with Crippen LogP contribution in [-0.2, 0) is 20.8 Å². The number of rotatable bonds is 10. The zero-order valence-corrected chi connectivity index (χ0v) is 24.0. The summed E-state index contributed by atoms with van der Waals surface area (Å²) in [6.07, 6.45) is -0.211.